The zero-order chi connectivity index (χ0) is 22.7. The van der Waals surface area contributed by atoms with Gasteiger partial charge in [-0.1, -0.05) is 35.9 Å². The van der Waals surface area contributed by atoms with E-state index in [2.05, 4.69) is 55.6 Å². The van der Waals surface area contributed by atoms with Crippen molar-refractivity contribution < 1.29 is 19.0 Å². The lowest BCUT2D eigenvalue weighted by Gasteiger charge is -2.11. The monoisotopic (exact) mass is 603 g/mol. The molecule has 162 valence electrons. The fourth-order valence-electron chi connectivity index (χ4n) is 3.06. The first kappa shape index (κ1) is 22.5. The van der Waals surface area contributed by atoms with E-state index in [4.69, 9.17) is 14.2 Å². The van der Waals surface area contributed by atoms with E-state index in [1.165, 1.54) is 5.56 Å². The molecule has 0 aromatic heterocycles. The Balaban J connectivity index is 1.54. The number of nitrogens with zero attached hydrogens (tertiary/aromatic N) is 1. The molecule has 3 aromatic carbocycles. The summed E-state index contributed by atoms with van der Waals surface area (Å²) >= 11 is 5.71. The summed E-state index contributed by atoms with van der Waals surface area (Å²) in [5.41, 5.74) is 3.98. The van der Waals surface area contributed by atoms with Gasteiger partial charge in [0, 0.05) is 13.6 Å². The molecule has 0 unspecified atom stereocenters. The largest absolute Gasteiger partial charge is 0.493 e. The lowest BCUT2D eigenvalue weighted by molar-refractivity contribution is -0.129. The first-order chi connectivity index (χ1) is 15.4. The van der Waals surface area contributed by atoms with Gasteiger partial charge >= 0.3 is 5.97 Å². The third kappa shape index (κ3) is 5.21. The highest BCUT2D eigenvalue weighted by atomic mass is 127. The highest BCUT2D eigenvalue weighted by molar-refractivity contribution is 14.1. The van der Waals surface area contributed by atoms with Crippen molar-refractivity contribution in [1.29, 1.82) is 0 Å². The van der Waals surface area contributed by atoms with E-state index in [1.54, 1.807) is 19.3 Å². The predicted molar refractivity (Wildman–Crippen MR) is 136 cm³/mol. The van der Waals surface area contributed by atoms with Crippen LogP contribution in [-0.4, -0.2) is 19.0 Å². The van der Waals surface area contributed by atoms with Gasteiger partial charge in [0.25, 0.3) is 0 Å². The molecule has 4 rings (SSSR count). The minimum Gasteiger partial charge on any atom is -0.493 e. The molecule has 3 aromatic rings. The van der Waals surface area contributed by atoms with E-state index >= 15 is 0 Å². The van der Waals surface area contributed by atoms with Gasteiger partial charge in [0.05, 0.1) is 7.11 Å². The molecule has 1 aliphatic heterocycles. The van der Waals surface area contributed by atoms with Gasteiger partial charge in [-0.15, -0.1) is 0 Å². The highest BCUT2D eigenvalue weighted by Gasteiger charge is 2.24. The normalized spacial score (nSPS) is 14.3. The van der Waals surface area contributed by atoms with Crippen LogP contribution in [0.25, 0.3) is 6.08 Å². The quantitative estimate of drug-likeness (QED) is 0.189. The second-order valence-electron chi connectivity index (χ2n) is 7.15. The van der Waals surface area contributed by atoms with E-state index in [9.17, 15) is 4.79 Å². The zero-order valence-electron chi connectivity index (χ0n) is 17.4. The van der Waals surface area contributed by atoms with E-state index in [0.717, 1.165) is 24.7 Å². The van der Waals surface area contributed by atoms with Crippen LogP contribution in [0.5, 0.6) is 11.5 Å². The number of esters is 1. The van der Waals surface area contributed by atoms with Gasteiger partial charge in [0.15, 0.2) is 17.2 Å². The van der Waals surface area contributed by atoms with Gasteiger partial charge < -0.3 is 14.2 Å². The van der Waals surface area contributed by atoms with Crippen molar-refractivity contribution >= 4 is 56.5 Å². The number of carbonyl (C=O) groups excluding carboxylic acids is 1. The number of hydrogen-bond donors (Lipinski definition) is 0. The maximum Gasteiger partial charge on any atom is 0.363 e. The number of rotatable bonds is 6. The van der Waals surface area contributed by atoms with Gasteiger partial charge in [0.2, 0.25) is 5.90 Å². The van der Waals surface area contributed by atoms with Crippen molar-refractivity contribution in [2.75, 3.05) is 7.11 Å². The van der Waals surface area contributed by atoms with E-state index in [1.807, 2.05) is 49.4 Å². The van der Waals surface area contributed by atoms with Crippen LogP contribution in [0.15, 0.2) is 75.8 Å². The van der Waals surface area contributed by atoms with Crippen LogP contribution >= 0.6 is 38.5 Å². The Morgan fingerprint density at radius 3 is 2.56 bits per heavy atom. The molecule has 5 nitrogen and oxygen atoms in total. The summed E-state index contributed by atoms with van der Waals surface area (Å²) in [7, 11) is 1.58. The Morgan fingerprint density at radius 1 is 1.06 bits per heavy atom. The lowest BCUT2D eigenvalue weighted by atomic mass is 10.1. The maximum absolute atomic E-state index is 12.3. The van der Waals surface area contributed by atoms with Gasteiger partial charge in [-0.25, -0.2) is 9.79 Å². The van der Waals surface area contributed by atoms with Crippen LogP contribution in [0.3, 0.4) is 0 Å². The minimum absolute atomic E-state index is 0.227. The summed E-state index contributed by atoms with van der Waals surface area (Å²) in [4.78, 5) is 16.7. The molecule has 1 heterocycles. The molecule has 0 atom stereocenters. The standard InChI is InChI=1S/C25H19BrINO4/c1-15-3-5-16(6-4-15)14-31-22-10-7-17(12-23(22)30-2)11-21-25(29)32-24(28-21)18-8-9-20(27)19(26)13-18/h3-13H,14H2,1-2H3/b21-11-. The first-order valence-electron chi connectivity index (χ1n) is 9.77. The lowest BCUT2D eigenvalue weighted by Crippen LogP contribution is -2.05. The van der Waals surface area contributed by atoms with E-state index in [0.29, 0.717) is 18.1 Å². The first-order valence-corrected chi connectivity index (χ1v) is 11.6. The van der Waals surface area contributed by atoms with Crippen molar-refractivity contribution in [3.8, 4) is 11.5 Å². The topological polar surface area (TPSA) is 57.1 Å². The number of carbonyl (C=O) groups is 1. The van der Waals surface area contributed by atoms with Crippen LogP contribution < -0.4 is 9.47 Å². The highest BCUT2D eigenvalue weighted by Crippen LogP contribution is 2.31. The van der Waals surface area contributed by atoms with Crippen LogP contribution in [0, 0.1) is 10.5 Å². The van der Waals surface area contributed by atoms with Crippen LogP contribution in [0.4, 0.5) is 0 Å². The molecule has 0 amide bonds. The molecular formula is C25H19BrINO4. The molecule has 1 aliphatic rings. The SMILES string of the molecule is COc1cc(/C=C2\N=C(c3ccc(I)c(Br)c3)OC2=O)ccc1OCc1ccc(C)cc1. The van der Waals surface area contributed by atoms with E-state index in [-0.39, 0.29) is 11.6 Å². The number of hydrogen-bond acceptors (Lipinski definition) is 5. The third-order valence-corrected chi connectivity index (χ3v) is 7.13. The molecule has 0 N–H and O–H groups in total. The van der Waals surface area contributed by atoms with Gasteiger partial charge in [-0.05, 0) is 93.0 Å². The number of ether oxygens (including phenoxy) is 3. The van der Waals surface area contributed by atoms with Crippen molar-refractivity contribution in [3.05, 3.63) is 96.7 Å². The number of methoxy groups -OCH3 is 1. The van der Waals surface area contributed by atoms with Crippen LogP contribution in [0.2, 0.25) is 0 Å². The molecular weight excluding hydrogens is 585 g/mol. The summed E-state index contributed by atoms with van der Waals surface area (Å²) in [6.07, 6.45) is 1.67. The summed E-state index contributed by atoms with van der Waals surface area (Å²) in [5, 5.41) is 0. The molecule has 0 fully saturated rings. The molecule has 32 heavy (non-hydrogen) atoms. The smallest absolute Gasteiger partial charge is 0.363 e. The second-order valence-corrected chi connectivity index (χ2v) is 9.17. The predicted octanol–water partition coefficient (Wildman–Crippen LogP) is 6.29. The van der Waals surface area contributed by atoms with Gasteiger partial charge in [-0.3, -0.25) is 0 Å². The molecule has 0 aliphatic carbocycles. The van der Waals surface area contributed by atoms with Crippen molar-refractivity contribution in [3.63, 3.8) is 0 Å². The van der Waals surface area contributed by atoms with Crippen molar-refractivity contribution in [2.24, 2.45) is 4.99 Å². The zero-order valence-corrected chi connectivity index (χ0v) is 21.1. The summed E-state index contributed by atoms with van der Waals surface area (Å²) in [6.45, 7) is 2.48. The summed E-state index contributed by atoms with van der Waals surface area (Å²) in [6, 6.07) is 19.3. The van der Waals surface area contributed by atoms with Crippen molar-refractivity contribution in [2.45, 2.75) is 13.5 Å². The second kappa shape index (κ2) is 9.87. The molecule has 0 spiro atoms. The van der Waals surface area contributed by atoms with Gasteiger partial charge in [-0.2, -0.15) is 0 Å². The average Bonchev–Trinajstić information content (AvgIpc) is 3.15. The molecule has 0 radical (unpaired) electrons. The molecule has 0 bridgehead atoms. The Hall–Kier alpha value is -2.65. The van der Waals surface area contributed by atoms with Crippen LogP contribution in [0.1, 0.15) is 22.3 Å². The summed E-state index contributed by atoms with van der Waals surface area (Å²) in [5.74, 6) is 0.984. The summed E-state index contributed by atoms with van der Waals surface area (Å²) < 4.78 is 18.8. The molecule has 0 saturated carbocycles. The number of aryl methyl sites for hydroxylation is 1. The molecule has 0 saturated heterocycles. The number of cyclic esters (lactones) is 1. The Morgan fingerprint density at radius 2 is 1.84 bits per heavy atom. The third-order valence-electron chi connectivity index (χ3n) is 4.79. The maximum atomic E-state index is 12.3. The number of aliphatic imine (C=N–C) groups is 1. The Bertz CT molecular complexity index is 1240. The fraction of sp³-hybridized carbons (Fsp3) is 0.120. The number of halogens is 2. The Kier molecular flexibility index (Phi) is 6.95. The molecule has 7 heteroatoms. The minimum atomic E-state index is -0.492. The fourth-order valence-corrected chi connectivity index (χ4v) is 3.77. The van der Waals surface area contributed by atoms with Gasteiger partial charge in [0.1, 0.15) is 6.61 Å². The Labute approximate surface area is 208 Å². The van der Waals surface area contributed by atoms with Crippen LogP contribution in [-0.2, 0) is 16.1 Å². The van der Waals surface area contributed by atoms with Crippen molar-refractivity contribution in [1.82, 2.24) is 0 Å². The number of benzene rings is 3. The average molecular weight is 604 g/mol. The van der Waals surface area contributed by atoms with E-state index < -0.39 is 5.97 Å².